The first kappa shape index (κ1) is 16.0. The molecule has 116 valence electrons. The van der Waals surface area contributed by atoms with E-state index < -0.39 is 5.97 Å². The lowest BCUT2D eigenvalue weighted by Crippen LogP contribution is -2.17. The fourth-order valence-corrected chi connectivity index (χ4v) is 2.56. The van der Waals surface area contributed by atoms with E-state index in [0.717, 1.165) is 0 Å². The molecule has 0 bridgehead atoms. The van der Waals surface area contributed by atoms with Gasteiger partial charge in [0.2, 0.25) is 0 Å². The van der Waals surface area contributed by atoms with Crippen LogP contribution in [0.25, 0.3) is 0 Å². The highest BCUT2D eigenvalue weighted by Crippen LogP contribution is 2.29. The summed E-state index contributed by atoms with van der Waals surface area (Å²) in [4.78, 5) is 16.8. The Bertz CT molecular complexity index is 616. The number of rotatable bonds is 2. The van der Waals surface area contributed by atoms with Crippen molar-refractivity contribution in [3.05, 3.63) is 59.9 Å². The lowest BCUT2D eigenvalue weighted by Gasteiger charge is -2.18. The highest BCUT2D eigenvalue weighted by atomic mass is 16.4. The van der Waals surface area contributed by atoms with E-state index in [-0.39, 0.29) is 11.3 Å². The molecule has 3 rings (SSSR count). The number of hydrogen-bond acceptors (Lipinski definition) is 4. The van der Waals surface area contributed by atoms with E-state index in [1.54, 1.807) is 12.1 Å². The van der Waals surface area contributed by atoms with E-state index in [2.05, 4.69) is 23.0 Å². The minimum atomic E-state index is -1.11. The minimum Gasteiger partial charge on any atom is -0.507 e. The Hall–Kier alpha value is -2.40. The molecule has 1 fully saturated rings. The maximum absolute atomic E-state index is 10.3. The first-order valence-corrected chi connectivity index (χ1v) is 7.21. The highest BCUT2D eigenvalue weighted by Gasteiger charge is 2.21. The quantitative estimate of drug-likeness (QED) is 0.892. The van der Waals surface area contributed by atoms with Crippen molar-refractivity contribution in [1.82, 2.24) is 9.88 Å². The topological polar surface area (TPSA) is 73.7 Å². The largest absolute Gasteiger partial charge is 0.507 e. The molecule has 1 aromatic heterocycles. The van der Waals surface area contributed by atoms with Crippen LogP contribution in [0.5, 0.6) is 5.75 Å². The molecule has 2 N–H and O–H groups in total. The molecule has 1 aromatic carbocycles. The molecule has 2 aromatic rings. The van der Waals surface area contributed by atoms with E-state index in [1.807, 2.05) is 18.5 Å². The van der Waals surface area contributed by atoms with Crippen LogP contribution >= 0.6 is 0 Å². The summed E-state index contributed by atoms with van der Waals surface area (Å²) >= 11 is 0. The molecule has 22 heavy (non-hydrogen) atoms. The van der Waals surface area contributed by atoms with Gasteiger partial charge in [0.25, 0.3) is 0 Å². The number of phenols is 1. The molecule has 5 nitrogen and oxygen atoms in total. The van der Waals surface area contributed by atoms with Gasteiger partial charge in [-0.25, -0.2) is 4.79 Å². The molecular formula is C17H20N2O3. The summed E-state index contributed by atoms with van der Waals surface area (Å²) in [5.74, 6) is -1.31. The van der Waals surface area contributed by atoms with E-state index in [0.29, 0.717) is 6.04 Å². The van der Waals surface area contributed by atoms with Gasteiger partial charge < -0.3 is 10.2 Å². The van der Waals surface area contributed by atoms with Gasteiger partial charge in [-0.2, -0.15) is 0 Å². The van der Waals surface area contributed by atoms with Crippen LogP contribution < -0.4 is 0 Å². The van der Waals surface area contributed by atoms with Crippen molar-refractivity contribution < 1.29 is 15.0 Å². The molecular weight excluding hydrogens is 280 g/mol. The molecule has 1 atom stereocenters. The number of benzene rings is 1. The third kappa shape index (κ3) is 4.05. The number of likely N-dealkylation sites (tertiary alicyclic amines) is 1. The average Bonchev–Trinajstić information content (AvgIpc) is 2.95. The fourth-order valence-electron chi connectivity index (χ4n) is 2.56. The van der Waals surface area contributed by atoms with Gasteiger partial charge in [0.1, 0.15) is 11.3 Å². The van der Waals surface area contributed by atoms with Crippen molar-refractivity contribution in [3.63, 3.8) is 0 Å². The second-order valence-corrected chi connectivity index (χ2v) is 5.25. The van der Waals surface area contributed by atoms with E-state index in [1.165, 1.54) is 37.1 Å². The normalized spacial score (nSPS) is 17.6. The van der Waals surface area contributed by atoms with E-state index in [9.17, 15) is 4.79 Å². The Balaban J connectivity index is 0.000000164. The van der Waals surface area contributed by atoms with Crippen molar-refractivity contribution in [2.45, 2.75) is 18.9 Å². The maximum atomic E-state index is 10.3. The molecule has 0 radical (unpaired) electrons. The summed E-state index contributed by atoms with van der Waals surface area (Å²) in [6, 6.07) is 10.6. The van der Waals surface area contributed by atoms with Gasteiger partial charge in [-0.05, 0) is 50.2 Å². The van der Waals surface area contributed by atoms with Crippen molar-refractivity contribution >= 4 is 5.97 Å². The van der Waals surface area contributed by atoms with Crippen molar-refractivity contribution in [3.8, 4) is 5.75 Å². The Kier molecular flexibility index (Phi) is 5.49. The summed E-state index contributed by atoms with van der Waals surface area (Å²) < 4.78 is 0. The van der Waals surface area contributed by atoms with Crippen LogP contribution in [-0.4, -0.2) is 39.7 Å². The number of carboxylic acids is 1. The van der Waals surface area contributed by atoms with Crippen molar-refractivity contribution in [2.75, 3.05) is 13.6 Å². The fraction of sp³-hybridized carbons (Fsp3) is 0.294. The molecule has 5 heteroatoms. The summed E-state index contributed by atoms with van der Waals surface area (Å²) in [5.41, 5.74) is 1.29. The van der Waals surface area contributed by atoms with Crippen LogP contribution in [-0.2, 0) is 0 Å². The summed E-state index contributed by atoms with van der Waals surface area (Å²) in [6.07, 6.45) is 6.41. The standard InChI is InChI=1S/C10H14N2.C7H6O3/c1-12-7-3-5-10(12)9-4-2-6-11-8-9;8-6-4-2-1-3-5(6)7(9)10/h2,4,6,8,10H,3,5,7H2,1H3;1-4,8H,(H,9,10)/t10-;/m1./s1. The Morgan fingerprint density at radius 3 is 2.55 bits per heavy atom. The number of carbonyl (C=O) groups is 1. The molecule has 1 aliphatic rings. The zero-order valence-electron chi connectivity index (χ0n) is 12.5. The number of aromatic hydroxyl groups is 1. The number of carboxylic acid groups (broad SMARTS) is 1. The SMILES string of the molecule is CN1CCC[C@@H]1c1cccnc1.O=C(O)c1ccccc1O. The molecule has 2 heterocycles. The average molecular weight is 300 g/mol. The molecule has 1 saturated heterocycles. The summed E-state index contributed by atoms with van der Waals surface area (Å²) in [6.45, 7) is 1.22. The zero-order valence-corrected chi connectivity index (χ0v) is 12.5. The third-order valence-corrected chi connectivity index (χ3v) is 3.72. The van der Waals surface area contributed by atoms with Crippen LogP contribution in [0.15, 0.2) is 48.8 Å². The van der Waals surface area contributed by atoms with Gasteiger partial charge in [-0.15, -0.1) is 0 Å². The lowest BCUT2D eigenvalue weighted by atomic mass is 10.1. The summed E-state index contributed by atoms with van der Waals surface area (Å²) in [7, 11) is 2.19. The Morgan fingerprint density at radius 2 is 2.05 bits per heavy atom. The smallest absolute Gasteiger partial charge is 0.339 e. The molecule has 0 saturated carbocycles. The van der Waals surface area contributed by atoms with Gasteiger partial charge in [-0.3, -0.25) is 9.88 Å². The summed E-state index contributed by atoms with van der Waals surface area (Å²) in [5, 5.41) is 17.3. The predicted molar refractivity (Wildman–Crippen MR) is 83.9 cm³/mol. The first-order valence-electron chi connectivity index (χ1n) is 7.21. The van der Waals surface area contributed by atoms with Crippen LogP contribution in [0.2, 0.25) is 0 Å². The second-order valence-electron chi connectivity index (χ2n) is 5.25. The second kappa shape index (κ2) is 7.56. The lowest BCUT2D eigenvalue weighted by molar-refractivity contribution is 0.0693. The number of pyridine rings is 1. The number of hydrogen-bond donors (Lipinski definition) is 2. The first-order chi connectivity index (χ1) is 10.6. The third-order valence-electron chi connectivity index (χ3n) is 3.72. The van der Waals surface area contributed by atoms with Gasteiger partial charge in [0.15, 0.2) is 0 Å². The molecule has 0 amide bonds. The Morgan fingerprint density at radius 1 is 1.27 bits per heavy atom. The van der Waals surface area contributed by atoms with Crippen molar-refractivity contribution in [2.24, 2.45) is 0 Å². The molecule has 1 aliphatic heterocycles. The minimum absolute atomic E-state index is 0.0671. The van der Waals surface area contributed by atoms with Crippen LogP contribution in [0.3, 0.4) is 0 Å². The molecule has 0 aliphatic carbocycles. The number of aromatic nitrogens is 1. The number of nitrogens with zero attached hydrogens (tertiary/aromatic N) is 2. The van der Waals surface area contributed by atoms with Crippen LogP contribution in [0, 0.1) is 0 Å². The van der Waals surface area contributed by atoms with E-state index in [4.69, 9.17) is 10.2 Å². The maximum Gasteiger partial charge on any atom is 0.339 e. The zero-order chi connectivity index (χ0) is 15.9. The van der Waals surface area contributed by atoms with E-state index >= 15 is 0 Å². The number of aromatic carboxylic acids is 1. The monoisotopic (exact) mass is 300 g/mol. The van der Waals surface area contributed by atoms with Gasteiger partial charge >= 0.3 is 5.97 Å². The van der Waals surface area contributed by atoms with Gasteiger partial charge in [0, 0.05) is 18.4 Å². The highest BCUT2D eigenvalue weighted by molar-refractivity contribution is 5.90. The van der Waals surface area contributed by atoms with Gasteiger partial charge in [-0.1, -0.05) is 18.2 Å². The van der Waals surface area contributed by atoms with Crippen LogP contribution in [0.1, 0.15) is 34.8 Å². The van der Waals surface area contributed by atoms with Crippen molar-refractivity contribution in [1.29, 1.82) is 0 Å². The Labute approximate surface area is 129 Å². The predicted octanol–water partition coefficient (Wildman–Crippen LogP) is 2.94. The molecule has 0 unspecified atom stereocenters. The molecule has 0 spiro atoms. The number of para-hydroxylation sites is 1. The van der Waals surface area contributed by atoms with Crippen LogP contribution in [0.4, 0.5) is 0 Å². The van der Waals surface area contributed by atoms with Gasteiger partial charge in [0.05, 0.1) is 0 Å².